The fraction of sp³-hybridized carbons (Fsp3) is 0.400. The van der Waals surface area contributed by atoms with E-state index < -0.39 is 25.9 Å². The molecule has 0 bridgehead atoms. The van der Waals surface area contributed by atoms with Crippen molar-refractivity contribution < 1.29 is 21.9 Å². The third-order valence-corrected chi connectivity index (χ3v) is 4.89. The average molecular weight is 301 g/mol. The van der Waals surface area contributed by atoms with E-state index in [0.717, 1.165) is 7.05 Å². The number of carbonyl (C=O) groups is 2. The molecule has 1 aliphatic heterocycles. The number of imide groups is 1. The van der Waals surface area contributed by atoms with Crippen molar-refractivity contribution in [1.82, 2.24) is 14.5 Å². The quantitative estimate of drug-likeness (QED) is 0.505. The lowest BCUT2D eigenvalue weighted by Gasteiger charge is -2.37. The molecule has 20 heavy (non-hydrogen) atoms. The van der Waals surface area contributed by atoms with Crippen LogP contribution in [-0.4, -0.2) is 61.3 Å². The number of hydrogen-bond donors (Lipinski definition) is 1. The molecule has 0 aromatic carbocycles. The standard InChI is InChI=1S/C10H15N5O4S/c1-14(10-12-4-3-5-13-10)6-8(16)15(2,9(17)7-14)20(11,18)19/h3-5H,6-7H2,1-2H3,(H2,11,18,19)/q+2. The second kappa shape index (κ2) is 4.38. The molecule has 1 fully saturated rings. The zero-order chi connectivity index (χ0) is 15.2. The summed E-state index contributed by atoms with van der Waals surface area (Å²) >= 11 is 0. The van der Waals surface area contributed by atoms with Gasteiger partial charge in [0.25, 0.3) is 0 Å². The summed E-state index contributed by atoms with van der Waals surface area (Å²) in [4.78, 5) is 32.4. The van der Waals surface area contributed by atoms with E-state index in [-0.39, 0.29) is 23.5 Å². The number of nitrogens with two attached hydrogens (primary N) is 1. The Balaban J connectivity index is 2.46. The lowest BCUT2D eigenvalue weighted by Crippen LogP contribution is -2.73. The lowest BCUT2D eigenvalue weighted by molar-refractivity contribution is -0.629. The number of amides is 2. The zero-order valence-electron chi connectivity index (χ0n) is 11.1. The number of likely N-dealkylation sites (N-methyl/N-ethyl adjacent to an activating group) is 2. The summed E-state index contributed by atoms with van der Waals surface area (Å²) in [6.07, 6.45) is 2.98. The zero-order valence-corrected chi connectivity index (χ0v) is 11.9. The van der Waals surface area contributed by atoms with Crippen LogP contribution in [0.15, 0.2) is 18.5 Å². The van der Waals surface area contributed by atoms with Crippen molar-refractivity contribution in [1.29, 1.82) is 0 Å². The number of hydrogen-bond acceptors (Lipinski definition) is 6. The summed E-state index contributed by atoms with van der Waals surface area (Å²) < 4.78 is 21.5. The molecule has 1 aliphatic rings. The van der Waals surface area contributed by atoms with Gasteiger partial charge in [0.1, 0.15) is 7.05 Å². The van der Waals surface area contributed by atoms with Crippen LogP contribution in [0.5, 0.6) is 0 Å². The van der Waals surface area contributed by atoms with Crippen LogP contribution in [0.1, 0.15) is 0 Å². The van der Waals surface area contributed by atoms with Crippen LogP contribution < -0.4 is 9.62 Å². The Kier molecular flexibility index (Phi) is 3.21. The molecule has 0 aliphatic carbocycles. The highest BCUT2D eigenvalue weighted by molar-refractivity contribution is 7.84. The monoisotopic (exact) mass is 301 g/mol. The molecule has 9 nitrogen and oxygen atoms in total. The van der Waals surface area contributed by atoms with E-state index in [4.69, 9.17) is 5.14 Å². The van der Waals surface area contributed by atoms with Gasteiger partial charge in [-0.1, -0.05) is 3.89 Å². The summed E-state index contributed by atoms with van der Waals surface area (Å²) in [7, 11) is -1.78. The van der Waals surface area contributed by atoms with E-state index in [1.807, 2.05) is 0 Å². The highest BCUT2D eigenvalue weighted by Crippen LogP contribution is 2.24. The van der Waals surface area contributed by atoms with Crippen LogP contribution >= 0.6 is 0 Å². The average Bonchev–Trinajstić information content (AvgIpc) is 2.35. The molecule has 2 N–H and O–H groups in total. The summed E-state index contributed by atoms with van der Waals surface area (Å²) in [6, 6.07) is 1.60. The van der Waals surface area contributed by atoms with Crippen LogP contribution in [0.2, 0.25) is 0 Å². The van der Waals surface area contributed by atoms with Gasteiger partial charge in [0.05, 0.1) is 7.05 Å². The topological polar surface area (TPSA) is 120 Å². The van der Waals surface area contributed by atoms with Crippen molar-refractivity contribution in [3.63, 3.8) is 0 Å². The summed E-state index contributed by atoms with van der Waals surface area (Å²) in [5.41, 5.74) is 0. The minimum absolute atomic E-state index is 0.179. The SMILES string of the molecule is C[N+]1(c2ncccn2)CC(=O)[N+](C)(S(N)(=O)=O)C(=O)C1. The molecule has 1 aromatic rings. The van der Waals surface area contributed by atoms with E-state index in [0.29, 0.717) is 0 Å². The van der Waals surface area contributed by atoms with Crippen LogP contribution in [0, 0.1) is 0 Å². The van der Waals surface area contributed by atoms with E-state index in [1.165, 1.54) is 12.4 Å². The van der Waals surface area contributed by atoms with Crippen molar-refractivity contribution in [2.24, 2.45) is 5.14 Å². The first kappa shape index (κ1) is 14.7. The molecule has 1 saturated heterocycles. The van der Waals surface area contributed by atoms with Crippen molar-refractivity contribution in [2.45, 2.75) is 0 Å². The molecule has 0 atom stereocenters. The Morgan fingerprint density at radius 1 is 1.10 bits per heavy atom. The molecule has 2 heterocycles. The Morgan fingerprint density at radius 3 is 1.95 bits per heavy atom. The summed E-state index contributed by atoms with van der Waals surface area (Å²) in [5, 5.41) is 5.02. The van der Waals surface area contributed by atoms with Crippen LogP contribution in [0.3, 0.4) is 0 Å². The summed E-state index contributed by atoms with van der Waals surface area (Å²) in [6.45, 7) is -0.467. The highest BCUT2D eigenvalue weighted by Gasteiger charge is 2.60. The minimum atomic E-state index is -4.37. The largest absolute Gasteiger partial charge is 0.392 e. The van der Waals surface area contributed by atoms with Crippen molar-refractivity contribution >= 4 is 28.0 Å². The van der Waals surface area contributed by atoms with Crippen molar-refractivity contribution in [3.8, 4) is 0 Å². The van der Waals surface area contributed by atoms with Crippen molar-refractivity contribution in [2.75, 3.05) is 27.2 Å². The van der Waals surface area contributed by atoms with Gasteiger partial charge in [-0.15, -0.1) is 0 Å². The Morgan fingerprint density at radius 2 is 1.55 bits per heavy atom. The molecule has 0 saturated carbocycles. The van der Waals surface area contributed by atoms with Crippen LogP contribution in [-0.2, 0) is 19.8 Å². The maximum atomic E-state index is 12.2. The smallest absolute Gasteiger partial charge is 0.237 e. The fourth-order valence-electron chi connectivity index (χ4n) is 2.06. The number of piperazine rings is 1. The molecule has 0 spiro atoms. The number of quaternary nitrogens is 2. The number of rotatable bonds is 2. The van der Waals surface area contributed by atoms with E-state index in [1.54, 1.807) is 13.1 Å². The Labute approximate surface area is 116 Å². The first-order valence-corrected chi connectivity index (χ1v) is 7.20. The molecule has 2 amide bonds. The van der Waals surface area contributed by atoms with E-state index in [2.05, 4.69) is 9.97 Å². The van der Waals surface area contributed by atoms with Gasteiger partial charge in [0.2, 0.25) is 13.1 Å². The van der Waals surface area contributed by atoms with Crippen molar-refractivity contribution in [3.05, 3.63) is 18.5 Å². The van der Waals surface area contributed by atoms with Crippen LogP contribution in [0.4, 0.5) is 5.95 Å². The number of nitrogens with zero attached hydrogens (tertiary/aromatic N) is 4. The van der Waals surface area contributed by atoms with Gasteiger partial charge in [0, 0.05) is 12.4 Å². The van der Waals surface area contributed by atoms with Gasteiger partial charge in [0.15, 0.2) is 0 Å². The fourth-order valence-corrected chi connectivity index (χ4v) is 2.74. The first-order valence-electron chi connectivity index (χ1n) is 5.69. The maximum absolute atomic E-state index is 12.2. The molecule has 1 aromatic heterocycles. The summed E-state index contributed by atoms with van der Waals surface area (Å²) in [5.74, 6) is -1.34. The molecule has 108 valence electrons. The molecule has 0 radical (unpaired) electrons. The lowest BCUT2D eigenvalue weighted by atomic mass is 10.2. The molecule has 0 unspecified atom stereocenters. The number of carbonyl (C=O) groups excluding carboxylic acids is 2. The maximum Gasteiger partial charge on any atom is 0.392 e. The molecule has 10 heteroatoms. The van der Waals surface area contributed by atoms with Gasteiger partial charge < -0.3 is 0 Å². The molecular weight excluding hydrogens is 286 g/mol. The Hall–Kier alpha value is -1.75. The van der Waals surface area contributed by atoms with Gasteiger partial charge in [-0.2, -0.15) is 23.5 Å². The predicted octanol–water partition coefficient (Wildman–Crippen LogP) is -1.87. The van der Waals surface area contributed by atoms with E-state index >= 15 is 0 Å². The molecular formula is C10H15N5O4S+2. The second-order valence-corrected chi connectivity index (χ2v) is 6.75. The van der Waals surface area contributed by atoms with Crippen LogP contribution in [0.25, 0.3) is 0 Å². The first-order chi connectivity index (χ1) is 9.11. The second-order valence-electron chi connectivity index (χ2n) is 4.99. The molecule has 2 rings (SSSR count). The van der Waals surface area contributed by atoms with Gasteiger partial charge in [-0.25, -0.2) is 14.1 Å². The van der Waals surface area contributed by atoms with Gasteiger partial charge >= 0.3 is 28.0 Å². The predicted molar refractivity (Wildman–Crippen MR) is 68.8 cm³/mol. The highest BCUT2D eigenvalue weighted by atomic mass is 32.2. The minimum Gasteiger partial charge on any atom is -0.237 e. The number of aromatic nitrogens is 2. The van der Waals surface area contributed by atoms with Gasteiger partial charge in [-0.3, -0.25) is 0 Å². The van der Waals surface area contributed by atoms with E-state index in [9.17, 15) is 18.0 Å². The third kappa shape index (κ3) is 2.02. The van der Waals surface area contributed by atoms with Gasteiger partial charge in [-0.05, 0) is 6.07 Å². The third-order valence-electron chi connectivity index (χ3n) is 3.46. The normalized spacial score (nSPS) is 31.4. The Bertz CT molecular complexity index is 654.